The minimum absolute atomic E-state index is 0.0409. The molecule has 0 aliphatic rings. The van der Waals surface area contributed by atoms with Gasteiger partial charge >= 0.3 is 7.82 Å². The monoisotopic (exact) mass is 152 g/mol. The zero-order chi connectivity index (χ0) is 7.33. The van der Waals surface area contributed by atoms with Crippen molar-refractivity contribution in [2.75, 3.05) is 6.61 Å². The van der Waals surface area contributed by atoms with E-state index in [4.69, 9.17) is 9.79 Å². The Balaban J connectivity index is 3.40. The number of rotatable bonds is 3. The summed E-state index contributed by atoms with van der Waals surface area (Å²) in [6.07, 6.45) is 3.16. The third kappa shape index (κ3) is 7.85. The lowest BCUT2D eigenvalue weighted by Crippen LogP contribution is -1.86. The lowest BCUT2D eigenvalue weighted by Gasteiger charge is -1.99. The Morgan fingerprint density at radius 2 is 2.22 bits per heavy atom. The first-order valence-corrected chi connectivity index (χ1v) is 3.90. The van der Waals surface area contributed by atoms with Crippen LogP contribution in [0.4, 0.5) is 0 Å². The Labute approximate surface area is 53.4 Å². The molecule has 0 saturated heterocycles. The highest BCUT2D eigenvalue weighted by Crippen LogP contribution is 2.35. The van der Waals surface area contributed by atoms with Crippen LogP contribution in [0.25, 0.3) is 0 Å². The molecular formula is C4H9O4P. The van der Waals surface area contributed by atoms with E-state index in [-0.39, 0.29) is 6.61 Å². The van der Waals surface area contributed by atoms with Gasteiger partial charge in [0.15, 0.2) is 0 Å². The van der Waals surface area contributed by atoms with Crippen LogP contribution in [0, 0.1) is 0 Å². The molecule has 0 radical (unpaired) electrons. The topological polar surface area (TPSA) is 66.8 Å². The fourth-order valence-electron chi connectivity index (χ4n) is 0.236. The van der Waals surface area contributed by atoms with Gasteiger partial charge in [0.25, 0.3) is 0 Å². The third-order valence-electron chi connectivity index (χ3n) is 0.575. The Bertz CT molecular complexity index is 136. The van der Waals surface area contributed by atoms with Gasteiger partial charge in [0, 0.05) is 0 Å². The fourth-order valence-corrected chi connectivity index (χ4v) is 0.517. The molecule has 0 aliphatic heterocycles. The van der Waals surface area contributed by atoms with E-state index >= 15 is 0 Å². The molecule has 0 amide bonds. The second-order valence-electron chi connectivity index (χ2n) is 1.36. The number of hydrogen-bond donors (Lipinski definition) is 2. The molecule has 9 heavy (non-hydrogen) atoms. The van der Waals surface area contributed by atoms with Gasteiger partial charge < -0.3 is 9.79 Å². The number of hydrogen-bond acceptors (Lipinski definition) is 2. The van der Waals surface area contributed by atoms with Crippen LogP contribution in [0.5, 0.6) is 0 Å². The number of phosphoric ester groups is 1. The maximum absolute atomic E-state index is 9.94. The molecule has 0 aliphatic carbocycles. The highest BCUT2D eigenvalue weighted by molar-refractivity contribution is 7.46. The van der Waals surface area contributed by atoms with Gasteiger partial charge in [-0.05, 0) is 6.92 Å². The van der Waals surface area contributed by atoms with E-state index in [1.54, 1.807) is 13.0 Å². The van der Waals surface area contributed by atoms with Crippen molar-refractivity contribution in [1.29, 1.82) is 0 Å². The van der Waals surface area contributed by atoms with Gasteiger partial charge in [0.05, 0.1) is 6.61 Å². The zero-order valence-corrected chi connectivity index (χ0v) is 5.91. The summed E-state index contributed by atoms with van der Waals surface area (Å²) in [6.45, 7) is 1.70. The van der Waals surface area contributed by atoms with Crippen molar-refractivity contribution in [3.8, 4) is 0 Å². The zero-order valence-electron chi connectivity index (χ0n) is 5.02. The van der Waals surface area contributed by atoms with E-state index in [1.807, 2.05) is 0 Å². The summed E-state index contributed by atoms with van der Waals surface area (Å²) in [5.74, 6) is 0. The van der Waals surface area contributed by atoms with Crippen LogP contribution in [0.2, 0.25) is 0 Å². The van der Waals surface area contributed by atoms with Crippen molar-refractivity contribution in [2.24, 2.45) is 0 Å². The minimum Gasteiger partial charge on any atom is -0.303 e. The van der Waals surface area contributed by atoms with Crippen LogP contribution in [-0.2, 0) is 9.09 Å². The van der Waals surface area contributed by atoms with Crippen LogP contribution in [0.3, 0.4) is 0 Å². The lowest BCUT2D eigenvalue weighted by atomic mass is 10.6. The first kappa shape index (κ1) is 8.85. The molecule has 0 rings (SSSR count). The largest absolute Gasteiger partial charge is 0.469 e. The maximum Gasteiger partial charge on any atom is 0.469 e. The van der Waals surface area contributed by atoms with Crippen molar-refractivity contribution in [3.05, 3.63) is 12.2 Å². The van der Waals surface area contributed by atoms with Crippen molar-refractivity contribution in [2.45, 2.75) is 6.92 Å². The molecule has 4 nitrogen and oxygen atoms in total. The van der Waals surface area contributed by atoms with Gasteiger partial charge in [-0.2, -0.15) is 0 Å². The highest BCUT2D eigenvalue weighted by atomic mass is 31.2. The predicted octanol–water partition coefficient (Wildman–Crippen LogP) is 0.672. The molecule has 0 heterocycles. The van der Waals surface area contributed by atoms with Crippen LogP contribution < -0.4 is 0 Å². The Hall–Kier alpha value is -0.150. The van der Waals surface area contributed by atoms with Crippen molar-refractivity contribution in [1.82, 2.24) is 0 Å². The molecule has 0 aromatic heterocycles. The molecule has 0 atom stereocenters. The first-order valence-electron chi connectivity index (χ1n) is 2.37. The molecule has 0 bridgehead atoms. The molecular weight excluding hydrogens is 143 g/mol. The smallest absolute Gasteiger partial charge is 0.303 e. The summed E-state index contributed by atoms with van der Waals surface area (Å²) in [7, 11) is -4.25. The quantitative estimate of drug-likeness (QED) is 0.460. The van der Waals surface area contributed by atoms with E-state index in [1.165, 1.54) is 6.08 Å². The number of allylic oxidation sites excluding steroid dienone is 1. The Morgan fingerprint density at radius 1 is 1.67 bits per heavy atom. The lowest BCUT2D eigenvalue weighted by molar-refractivity contribution is 0.215. The highest BCUT2D eigenvalue weighted by Gasteiger charge is 2.10. The average Bonchev–Trinajstić information content (AvgIpc) is 1.63. The summed E-state index contributed by atoms with van der Waals surface area (Å²) < 4.78 is 14.0. The second-order valence-corrected chi connectivity index (χ2v) is 2.59. The summed E-state index contributed by atoms with van der Waals surface area (Å²) in [6, 6.07) is 0. The first-order chi connectivity index (χ1) is 4.06. The van der Waals surface area contributed by atoms with Crippen LogP contribution in [0.1, 0.15) is 6.92 Å². The average molecular weight is 152 g/mol. The Kier molecular flexibility index (Phi) is 3.73. The van der Waals surface area contributed by atoms with Crippen LogP contribution in [0.15, 0.2) is 12.2 Å². The standard InChI is InChI=1S/C4H9O4P/c1-2-3-4-8-9(5,6)7/h2-3H,4H2,1H3,(H2,5,6,7). The van der Waals surface area contributed by atoms with Crippen molar-refractivity contribution < 1.29 is 18.9 Å². The number of phosphoric acid groups is 1. The molecule has 0 spiro atoms. The van der Waals surface area contributed by atoms with Gasteiger partial charge in [-0.1, -0.05) is 12.2 Å². The van der Waals surface area contributed by atoms with Crippen LogP contribution >= 0.6 is 7.82 Å². The summed E-state index contributed by atoms with van der Waals surface area (Å²) in [5.41, 5.74) is 0. The van der Waals surface area contributed by atoms with E-state index in [9.17, 15) is 4.57 Å². The maximum atomic E-state index is 9.94. The van der Waals surface area contributed by atoms with Crippen molar-refractivity contribution >= 4 is 7.82 Å². The molecule has 5 heteroatoms. The summed E-state index contributed by atoms with van der Waals surface area (Å²) in [4.78, 5) is 16.2. The Morgan fingerprint density at radius 3 is 2.56 bits per heavy atom. The van der Waals surface area contributed by atoms with E-state index in [2.05, 4.69) is 4.52 Å². The third-order valence-corrected chi connectivity index (χ3v) is 1.06. The molecule has 0 aromatic carbocycles. The molecule has 0 aromatic rings. The van der Waals surface area contributed by atoms with Gasteiger partial charge in [0.1, 0.15) is 0 Å². The van der Waals surface area contributed by atoms with Gasteiger partial charge in [0.2, 0.25) is 0 Å². The van der Waals surface area contributed by atoms with Gasteiger partial charge in [-0.25, -0.2) is 4.57 Å². The van der Waals surface area contributed by atoms with E-state index in [0.717, 1.165) is 0 Å². The summed E-state index contributed by atoms with van der Waals surface area (Å²) >= 11 is 0. The molecule has 0 fully saturated rings. The second kappa shape index (κ2) is 3.80. The minimum atomic E-state index is -4.25. The predicted molar refractivity (Wildman–Crippen MR) is 32.8 cm³/mol. The van der Waals surface area contributed by atoms with Gasteiger partial charge in [-0.3, -0.25) is 4.52 Å². The normalized spacial score (nSPS) is 12.8. The van der Waals surface area contributed by atoms with Crippen molar-refractivity contribution in [3.63, 3.8) is 0 Å². The molecule has 0 unspecified atom stereocenters. The SMILES string of the molecule is CC=CCOP(=O)(O)O. The summed E-state index contributed by atoms with van der Waals surface area (Å²) in [5, 5.41) is 0. The van der Waals surface area contributed by atoms with E-state index < -0.39 is 7.82 Å². The van der Waals surface area contributed by atoms with E-state index in [0.29, 0.717) is 0 Å². The molecule has 2 N–H and O–H groups in total. The fraction of sp³-hybridized carbons (Fsp3) is 0.500. The molecule has 54 valence electrons. The van der Waals surface area contributed by atoms with Crippen LogP contribution in [-0.4, -0.2) is 16.4 Å². The molecule has 0 saturated carbocycles. The van der Waals surface area contributed by atoms with Gasteiger partial charge in [-0.15, -0.1) is 0 Å².